The maximum absolute atomic E-state index is 10.7. The summed E-state index contributed by atoms with van der Waals surface area (Å²) in [6, 6.07) is 10.6. The normalized spacial score (nSPS) is 26.4. The van der Waals surface area contributed by atoms with E-state index >= 15 is 0 Å². The van der Waals surface area contributed by atoms with E-state index in [9.17, 15) is 4.79 Å². The minimum atomic E-state index is -0.287. The number of likely N-dealkylation sites (tertiary alicyclic amines) is 1. The SMILES string of the molecule is C[N+]1(Cc2ccccc2)CCC(OCCC(N)=O)CC1. The lowest BCUT2D eigenvalue weighted by Crippen LogP contribution is -2.50. The van der Waals surface area contributed by atoms with Gasteiger partial charge in [0, 0.05) is 24.8 Å². The number of benzene rings is 1. The average molecular weight is 277 g/mol. The van der Waals surface area contributed by atoms with Crippen LogP contribution in [0.3, 0.4) is 0 Å². The van der Waals surface area contributed by atoms with Crippen LogP contribution in [0.5, 0.6) is 0 Å². The van der Waals surface area contributed by atoms with Crippen LogP contribution in [0.4, 0.5) is 0 Å². The summed E-state index contributed by atoms with van der Waals surface area (Å²) in [6.45, 7) is 3.78. The highest BCUT2D eigenvalue weighted by Crippen LogP contribution is 2.22. The molecular formula is C16H25N2O2+. The van der Waals surface area contributed by atoms with Crippen LogP contribution in [0, 0.1) is 0 Å². The summed E-state index contributed by atoms with van der Waals surface area (Å²) < 4.78 is 6.80. The maximum Gasteiger partial charge on any atom is 0.219 e. The van der Waals surface area contributed by atoms with E-state index in [1.165, 1.54) is 5.56 Å². The first kappa shape index (κ1) is 15.0. The van der Waals surface area contributed by atoms with Gasteiger partial charge < -0.3 is 15.0 Å². The molecule has 4 nitrogen and oxygen atoms in total. The molecule has 0 atom stereocenters. The van der Waals surface area contributed by atoms with Crippen molar-refractivity contribution in [3.05, 3.63) is 35.9 Å². The summed E-state index contributed by atoms with van der Waals surface area (Å²) in [5.74, 6) is -0.287. The van der Waals surface area contributed by atoms with Gasteiger partial charge in [0.1, 0.15) is 6.54 Å². The molecule has 2 N–H and O–H groups in total. The first-order chi connectivity index (χ1) is 9.57. The molecule has 1 aliphatic rings. The monoisotopic (exact) mass is 277 g/mol. The summed E-state index contributed by atoms with van der Waals surface area (Å²) in [4.78, 5) is 10.7. The van der Waals surface area contributed by atoms with E-state index in [-0.39, 0.29) is 12.0 Å². The number of ether oxygens (including phenoxy) is 1. The molecule has 0 aromatic heterocycles. The van der Waals surface area contributed by atoms with E-state index in [1.807, 2.05) is 0 Å². The molecule has 0 radical (unpaired) electrons. The summed E-state index contributed by atoms with van der Waals surface area (Å²) in [5.41, 5.74) is 6.51. The fourth-order valence-corrected chi connectivity index (χ4v) is 2.84. The number of quaternary nitrogens is 1. The Labute approximate surface area is 121 Å². The number of rotatable bonds is 6. The Kier molecular flexibility index (Phi) is 5.15. The Morgan fingerprint density at radius 2 is 1.95 bits per heavy atom. The Bertz CT molecular complexity index is 425. The van der Waals surface area contributed by atoms with Crippen molar-refractivity contribution < 1.29 is 14.0 Å². The third-order valence-corrected chi connectivity index (χ3v) is 4.09. The van der Waals surface area contributed by atoms with Gasteiger partial charge in [0.25, 0.3) is 0 Å². The minimum Gasteiger partial charge on any atom is -0.377 e. The van der Waals surface area contributed by atoms with E-state index in [2.05, 4.69) is 37.4 Å². The molecule has 0 unspecified atom stereocenters. The zero-order valence-electron chi connectivity index (χ0n) is 12.3. The highest BCUT2D eigenvalue weighted by atomic mass is 16.5. The number of piperidine rings is 1. The molecule has 20 heavy (non-hydrogen) atoms. The molecule has 1 saturated heterocycles. The lowest BCUT2D eigenvalue weighted by molar-refractivity contribution is -0.928. The van der Waals surface area contributed by atoms with Gasteiger partial charge >= 0.3 is 0 Å². The zero-order valence-corrected chi connectivity index (χ0v) is 12.3. The van der Waals surface area contributed by atoms with E-state index < -0.39 is 0 Å². The molecule has 1 heterocycles. The number of primary amides is 1. The van der Waals surface area contributed by atoms with Crippen molar-refractivity contribution in [2.75, 3.05) is 26.7 Å². The van der Waals surface area contributed by atoms with Crippen LogP contribution in [0.2, 0.25) is 0 Å². The van der Waals surface area contributed by atoms with Crippen molar-refractivity contribution in [1.29, 1.82) is 0 Å². The van der Waals surface area contributed by atoms with Crippen molar-refractivity contribution >= 4 is 5.91 Å². The van der Waals surface area contributed by atoms with Crippen LogP contribution >= 0.6 is 0 Å². The number of carbonyl (C=O) groups is 1. The first-order valence-corrected chi connectivity index (χ1v) is 7.35. The number of amides is 1. The molecule has 1 aromatic rings. The van der Waals surface area contributed by atoms with Gasteiger partial charge in [-0.1, -0.05) is 30.3 Å². The van der Waals surface area contributed by atoms with Gasteiger partial charge in [-0.25, -0.2) is 0 Å². The standard InChI is InChI=1S/C16H24N2O2/c1-18(13-14-5-3-2-4-6-14)10-7-15(8-11-18)20-12-9-16(17)19/h2-6,15H,7-13H2,1H3,(H-,17,19)/p+1. The minimum absolute atomic E-state index is 0.287. The van der Waals surface area contributed by atoms with Crippen molar-refractivity contribution in [2.45, 2.75) is 31.9 Å². The third-order valence-electron chi connectivity index (χ3n) is 4.09. The fourth-order valence-electron chi connectivity index (χ4n) is 2.84. The zero-order chi connectivity index (χ0) is 14.4. The van der Waals surface area contributed by atoms with Crippen molar-refractivity contribution in [1.82, 2.24) is 0 Å². The molecule has 0 spiro atoms. The smallest absolute Gasteiger partial charge is 0.219 e. The van der Waals surface area contributed by atoms with Gasteiger partial charge in [0.2, 0.25) is 5.91 Å². The van der Waals surface area contributed by atoms with E-state index in [0.29, 0.717) is 13.0 Å². The topological polar surface area (TPSA) is 52.3 Å². The second-order valence-electron chi connectivity index (χ2n) is 6.00. The molecule has 110 valence electrons. The van der Waals surface area contributed by atoms with Gasteiger partial charge in [-0.05, 0) is 0 Å². The molecule has 4 heteroatoms. The van der Waals surface area contributed by atoms with Crippen LogP contribution in [0.1, 0.15) is 24.8 Å². The van der Waals surface area contributed by atoms with Crippen molar-refractivity contribution in [2.24, 2.45) is 5.73 Å². The second kappa shape index (κ2) is 6.86. The number of hydrogen-bond donors (Lipinski definition) is 1. The van der Waals surface area contributed by atoms with Gasteiger partial charge in [-0.3, -0.25) is 4.79 Å². The van der Waals surface area contributed by atoms with Crippen LogP contribution in [-0.2, 0) is 16.1 Å². The predicted molar refractivity (Wildman–Crippen MR) is 78.8 cm³/mol. The predicted octanol–water partition coefficient (Wildman–Crippen LogP) is 1.69. The van der Waals surface area contributed by atoms with Crippen molar-refractivity contribution in [3.63, 3.8) is 0 Å². The Morgan fingerprint density at radius 1 is 1.30 bits per heavy atom. The van der Waals surface area contributed by atoms with E-state index in [0.717, 1.165) is 37.0 Å². The summed E-state index contributed by atoms with van der Waals surface area (Å²) in [6.07, 6.45) is 2.73. The number of hydrogen-bond acceptors (Lipinski definition) is 2. The van der Waals surface area contributed by atoms with E-state index in [1.54, 1.807) is 0 Å². The molecular weight excluding hydrogens is 252 g/mol. The van der Waals surface area contributed by atoms with Gasteiger partial charge in [0.05, 0.1) is 32.8 Å². The number of nitrogens with zero attached hydrogens (tertiary/aromatic N) is 1. The molecule has 1 aliphatic heterocycles. The molecule has 1 aromatic carbocycles. The summed E-state index contributed by atoms with van der Waals surface area (Å²) >= 11 is 0. The Morgan fingerprint density at radius 3 is 2.55 bits per heavy atom. The van der Waals surface area contributed by atoms with Crippen molar-refractivity contribution in [3.8, 4) is 0 Å². The second-order valence-corrected chi connectivity index (χ2v) is 6.00. The summed E-state index contributed by atoms with van der Waals surface area (Å²) in [5, 5.41) is 0. The Balaban J connectivity index is 1.76. The van der Waals surface area contributed by atoms with Crippen LogP contribution in [0.25, 0.3) is 0 Å². The van der Waals surface area contributed by atoms with Crippen LogP contribution < -0.4 is 5.73 Å². The number of carbonyl (C=O) groups excluding carboxylic acids is 1. The fraction of sp³-hybridized carbons (Fsp3) is 0.562. The number of nitrogens with two attached hydrogens (primary N) is 1. The Hall–Kier alpha value is -1.39. The summed E-state index contributed by atoms with van der Waals surface area (Å²) in [7, 11) is 2.31. The third kappa shape index (κ3) is 4.62. The molecule has 1 amide bonds. The van der Waals surface area contributed by atoms with Gasteiger partial charge in [0.15, 0.2) is 0 Å². The first-order valence-electron chi connectivity index (χ1n) is 7.35. The molecule has 0 bridgehead atoms. The molecule has 2 rings (SSSR count). The van der Waals surface area contributed by atoms with Gasteiger partial charge in [-0.15, -0.1) is 0 Å². The highest BCUT2D eigenvalue weighted by Gasteiger charge is 2.30. The maximum atomic E-state index is 10.7. The lowest BCUT2D eigenvalue weighted by atomic mass is 10.0. The largest absolute Gasteiger partial charge is 0.377 e. The van der Waals surface area contributed by atoms with E-state index in [4.69, 9.17) is 10.5 Å². The van der Waals surface area contributed by atoms with Crippen LogP contribution in [-0.4, -0.2) is 43.2 Å². The average Bonchev–Trinajstić information content (AvgIpc) is 2.42. The van der Waals surface area contributed by atoms with Crippen LogP contribution in [0.15, 0.2) is 30.3 Å². The molecule has 0 saturated carbocycles. The molecule has 0 aliphatic carbocycles. The quantitative estimate of drug-likeness (QED) is 0.804. The lowest BCUT2D eigenvalue weighted by Gasteiger charge is -2.40. The molecule has 1 fully saturated rings. The van der Waals surface area contributed by atoms with Gasteiger partial charge in [-0.2, -0.15) is 0 Å². The highest BCUT2D eigenvalue weighted by molar-refractivity contribution is 5.73.